The second-order valence-electron chi connectivity index (χ2n) is 7.37. The zero-order chi connectivity index (χ0) is 20.7. The first-order chi connectivity index (χ1) is 13.9. The Morgan fingerprint density at radius 3 is 2.76 bits per heavy atom. The van der Waals surface area contributed by atoms with Crippen LogP contribution in [0.15, 0.2) is 39.4 Å². The zero-order valence-corrected chi connectivity index (χ0v) is 18.5. The third kappa shape index (κ3) is 3.86. The summed E-state index contributed by atoms with van der Waals surface area (Å²) in [7, 11) is 0. The highest BCUT2D eigenvalue weighted by molar-refractivity contribution is 7.99. The number of allylic oxidation sites excluding steroid dienone is 2. The SMILES string of the molecule is CC[C@H](C)Sc1nc2c(c(=O)[nH]1)[C@@H](c1ccc(Cl)c(Cl)c1)C1=C(CCCC1=O)N2. The maximum atomic E-state index is 13.1. The molecule has 8 heteroatoms. The number of nitrogens with zero attached hydrogens (tertiary/aromatic N) is 1. The Balaban J connectivity index is 1.90. The topological polar surface area (TPSA) is 74.8 Å². The van der Waals surface area contributed by atoms with Crippen LogP contribution in [0.2, 0.25) is 10.0 Å². The lowest BCUT2D eigenvalue weighted by Crippen LogP contribution is -2.32. The van der Waals surface area contributed by atoms with Crippen LogP contribution in [0.1, 0.15) is 56.6 Å². The molecule has 29 heavy (non-hydrogen) atoms. The molecule has 0 fully saturated rings. The van der Waals surface area contributed by atoms with Gasteiger partial charge in [-0.05, 0) is 37.0 Å². The quantitative estimate of drug-likeness (QED) is 0.473. The fraction of sp³-hybridized carbons (Fsp3) is 0.381. The maximum Gasteiger partial charge on any atom is 0.257 e. The average Bonchev–Trinajstić information content (AvgIpc) is 2.68. The second kappa shape index (κ2) is 8.17. The molecule has 1 aliphatic heterocycles. The zero-order valence-electron chi connectivity index (χ0n) is 16.1. The van der Waals surface area contributed by atoms with Crippen LogP contribution in [-0.4, -0.2) is 21.0 Å². The molecule has 2 aromatic rings. The average molecular weight is 450 g/mol. The van der Waals surface area contributed by atoms with Crippen molar-refractivity contribution >= 4 is 46.6 Å². The van der Waals surface area contributed by atoms with Crippen molar-refractivity contribution in [2.45, 2.75) is 55.9 Å². The van der Waals surface area contributed by atoms with Crippen LogP contribution >= 0.6 is 35.0 Å². The van der Waals surface area contributed by atoms with E-state index >= 15 is 0 Å². The lowest BCUT2D eigenvalue weighted by atomic mass is 9.76. The minimum Gasteiger partial charge on any atom is -0.343 e. The number of benzene rings is 1. The van der Waals surface area contributed by atoms with Gasteiger partial charge in [-0.3, -0.25) is 9.59 Å². The van der Waals surface area contributed by atoms with Crippen molar-refractivity contribution in [2.24, 2.45) is 0 Å². The molecule has 0 unspecified atom stereocenters. The Kier molecular flexibility index (Phi) is 5.78. The summed E-state index contributed by atoms with van der Waals surface area (Å²) in [5, 5.41) is 5.01. The molecule has 2 heterocycles. The number of ketones is 1. The molecule has 0 bridgehead atoms. The number of hydrogen-bond donors (Lipinski definition) is 2. The van der Waals surface area contributed by atoms with E-state index < -0.39 is 5.92 Å². The minimum atomic E-state index is -0.511. The van der Waals surface area contributed by atoms with Crippen LogP contribution in [0, 0.1) is 0 Å². The highest BCUT2D eigenvalue weighted by atomic mass is 35.5. The molecule has 0 spiro atoms. The molecule has 0 saturated heterocycles. The molecular formula is C21H21Cl2N3O2S. The molecule has 1 aromatic heterocycles. The molecule has 1 aliphatic carbocycles. The Hall–Kier alpha value is -1.76. The predicted octanol–water partition coefficient (Wildman–Crippen LogP) is 5.53. The van der Waals surface area contributed by atoms with Gasteiger partial charge in [-0.15, -0.1) is 0 Å². The van der Waals surface area contributed by atoms with E-state index in [-0.39, 0.29) is 11.3 Å². The molecule has 1 aromatic carbocycles. The van der Waals surface area contributed by atoms with Gasteiger partial charge in [0.05, 0.1) is 15.6 Å². The van der Waals surface area contributed by atoms with Crippen LogP contribution in [0.4, 0.5) is 5.82 Å². The van der Waals surface area contributed by atoms with E-state index in [4.69, 9.17) is 23.2 Å². The predicted molar refractivity (Wildman–Crippen MR) is 118 cm³/mol. The lowest BCUT2D eigenvalue weighted by molar-refractivity contribution is -0.116. The highest BCUT2D eigenvalue weighted by Gasteiger charge is 2.38. The highest BCUT2D eigenvalue weighted by Crippen LogP contribution is 2.44. The van der Waals surface area contributed by atoms with E-state index in [1.807, 2.05) is 6.07 Å². The number of halogens is 2. The van der Waals surface area contributed by atoms with Crippen LogP contribution in [0.25, 0.3) is 0 Å². The third-order valence-electron chi connectivity index (χ3n) is 5.40. The monoisotopic (exact) mass is 449 g/mol. The standard InChI is InChI=1S/C21H21Cl2N3O2S/c1-3-10(2)29-21-25-19-18(20(28)26-21)16(11-7-8-12(22)13(23)9-11)17-14(24-19)5-4-6-15(17)27/h7-10,16H,3-6H2,1-2H3,(H2,24,25,26,28)/t10-,16-/m0/s1. The Labute approximate surface area is 183 Å². The van der Waals surface area contributed by atoms with Gasteiger partial charge in [0.2, 0.25) is 0 Å². The number of rotatable bonds is 4. The number of hydrogen-bond acceptors (Lipinski definition) is 5. The molecule has 2 aliphatic rings. The van der Waals surface area contributed by atoms with E-state index in [0.717, 1.165) is 30.5 Å². The number of carbonyl (C=O) groups excluding carboxylic acids is 1. The summed E-state index contributed by atoms with van der Waals surface area (Å²) in [6.07, 6.45) is 2.97. The van der Waals surface area contributed by atoms with Crippen LogP contribution in [0.5, 0.6) is 0 Å². The number of nitrogens with one attached hydrogen (secondary N) is 2. The van der Waals surface area contributed by atoms with Gasteiger partial charge in [-0.2, -0.15) is 0 Å². The number of fused-ring (bicyclic) bond motifs is 1. The van der Waals surface area contributed by atoms with E-state index in [2.05, 4.69) is 29.1 Å². The van der Waals surface area contributed by atoms with E-state index in [1.165, 1.54) is 11.8 Å². The van der Waals surface area contributed by atoms with Gasteiger partial charge in [0.15, 0.2) is 10.9 Å². The van der Waals surface area contributed by atoms with Crippen LogP contribution in [-0.2, 0) is 4.79 Å². The van der Waals surface area contributed by atoms with Crippen molar-refractivity contribution in [3.8, 4) is 0 Å². The first-order valence-corrected chi connectivity index (χ1v) is 11.3. The molecule has 4 rings (SSSR count). The summed E-state index contributed by atoms with van der Waals surface area (Å²) in [4.78, 5) is 33.6. The van der Waals surface area contributed by atoms with Gasteiger partial charge in [-0.25, -0.2) is 4.98 Å². The van der Waals surface area contributed by atoms with E-state index in [0.29, 0.717) is 43.8 Å². The molecule has 2 atom stereocenters. The van der Waals surface area contributed by atoms with E-state index in [9.17, 15) is 9.59 Å². The van der Waals surface area contributed by atoms with Gasteiger partial charge in [0, 0.05) is 28.9 Å². The number of aromatic amines is 1. The van der Waals surface area contributed by atoms with E-state index in [1.54, 1.807) is 12.1 Å². The Morgan fingerprint density at radius 1 is 1.24 bits per heavy atom. The first-order valence-electron chi connectivity index (χ1n) is 9.68. The van der Waals surface area contributed by atoms with Crippen molar-refractivity contribution in [2.75, 3.05) is 5.32 Å². The number of anilines is 1. The number of Topliss-reactive ketones (excluding diaryl/α,β-unsaturated/α-hetero) is 1. The fourth-order valence-electron chi connectivity index (χ4n) is 3.80. The summed E-state index contributed by atoms with van der Waals surface area (Å²) in [5.41, 5.74) is 2.46. The maximum absolute atomic E-state index is 13.1. The Bertz CT molecular complexity index is 1080. The normalized spacial score (nSPS) is 19.4. The van der Waals surface area contributed by atoms with Crippen molar-refractivity contribution in [1.82, 2.24) is 9.97 Å². The largest absolute Gasteiger partial charge is 0.343 e. The minimum absolute atomic E-state index is 0.0536. The molecule has 0 amide bonds. The summed E-state index contributed by atoms with van der Waals surface area (Å²) in [6.45, 7) is 4.19. The van der Waals surface area contributed by atoms with Crippen LogP contribution < -0.4 is 10.9 Å². The fourth-order valence-corrected chi connectivity index (χ4v) is 4.95. The smallest absolute Gasteiger partial charge is 0.257 e. The summed E-state index contributed by atoms with van der Waals surface area (Å²) in [6, 6.07) is 5.25. The summed E-state index contributed by atoms with van der Waals surface area (Å²) < 4.78 is 0. The summed E-state index contributed by atoms with van der Waals surface area (Å²) >= 11 is 13.9. The van der Waals surface area contributed by atoms with Crippen LogP contribution in [0.3, 0.4) is 0 Å². The Morgan fingerprint density at radius 2 is 2.03 bits per heavy atom. The molecular weight excluding hydrogens is 429 g/mol. The van der Waals surface area contributed by atoms with Gasteiger partial charge < -0.3 is 10.3 Å². The molecule has 152 valence electrons. The van der Waals surface area contributed by atoms with Gasteiger partial charge in [0.1, 0.15) is 5.82 Å². The van der Waals surface area contributed by atoms with Gasteiger partial charge in [0.25, 0.3) is 5.56 Å². The molecule has 2 N–H and O–H groups in total. The number of thioether (sulfide) groups is 1. The van der Waals surface area contributed by atoms with Gasteiger partial charge >= 0.3 is 0 Å². The number of aromatic nitrogens is 2. The number of carbonyl (C=O) groups is 1. The molecule has 0 radical (unpaired) electrons. The molecule has 5 nitrogen and oxygen atoms in total. The molecule has 0 saturated carbocycles. The van der Waals surface area contributed by atoms with Crippen molar-refractivity contribution in [3.05, 3.63) is 61.0 Å². The number of H-pyrrole nitrogens is 1. The first kappa shape index (κ1) is 20.5. The van der Waals surface area contributed by atoms with Gasteiger partial charge in [-0.1, -0.05) is 54.9 Å². The van der Waals surface area contributed by atoms with Crippen molar-refractivity contribution in [1.29, 1.82) is 0 Å². The third-order valence-corrected chi connectivity index (χ3v) is 7.29. The lowest BCUT2D eigenvalue weighted by Gasteiger charge is -2.33. The van der Waals surface area contributed by atoms with Crippen molar-refractivity contribution in [3.63, 3.8) is 0 Å². The van der Waals surface area contributed by atoms with Crippen molar-refractivity contribution < 1.29 is 4.79 Å². The second-order valence-corrected chi connectivity index (χ2v) is 9.61. The summed E-state index contributed by atoms with van der Waals surface area (Å²) in [5.74, 6) is 0.0599.